The van der Waals surface area contributed by atoms with Gasteiger partial charge in [0.25, 0.3) is 0 Å². The lowest BCUT2D eigenvalue weighted by Crippen LogP contribution is -2.25. The molecule has 1 aliphatic rings. The average Bonchev–Trinajstić information content (AvgIpc) is 2.24. The molecule has 68 valence electrons. The zero-order valence-electron chi connectivity index (χ0n) is 8.68. The monoisotopic (exact) mass is 173 g/mol. The standard InChI is InChI=1S/C12H15N/c1-8-6-5-7-10-11(8)9(2)12(3,4)13-10/h5-7H,1-4H3. The first-order valence-electron chi connectivity index (χ1n) is 4.69. The number of nitrogens with zero attached hydrogens (tertiary/aromatic N) is 1. The Morgan fingerprint density at radius 1 is 1.15 bits per heavy atom. The van der Waals surface area contributed by atoms with Gasteiger partial charge in [-0.2, -0.15) is 0 Å². The third-order valence-electron chi connectivity index (χ3n) is 2.94. The summed E-state index contributed by atoms with van der Waals surface area (Å²) >= 11 is 0. The van der Waals surface area contributed by atoms with E-state index in [1.165, 1.54) is 16.4 Å². The van der Waals surface area contributed by atoms with Gasteiger partial charge in [0.15, 0.2) is 0 Å². The zero-order chi connectivity index (χ0) is 9.64. The van der Waals surface area contributed by atoms with Crippen molar-refractivity contribution in [2.75, 3.05) is 0 Å². The molecule has 1 aliphatic heterocycles. The first-order valence-corrected chi connectivity index (χ1v) is 4.69. The van der Waals surface area contributed by atoms with Gasteiger partial charge in [-0.3, -0.25) is 4.99 Å². The van der Waals surface area contributed by atoms with E-state index in [1.807, 2.05) is 0 Å². The molecule has 0 N–H and O–H groups in total. The van der Waals surface area contributed by atoms with E-state index < -0.39 is 0 Å². The van der Waals surface area contributed by atoms with Crippen LogP contribution in [0.2, 0.25) is 0 Å². The van der Waals surface area contributed by atoms with Gasteiger partial charge < -0.3 is 0 Å². The molecule has 2 rings (SSSR count). The van der Waals surface area contributed by atoms with Crippen LogP contribution < -0.4 is 10.6 Å². The van der Waals surface area contributed by atoms with Crippen molar-refractivity contribution in [1.29, 1.82) is 0 Å². The van der Waals surface area contributed by atoms with Crippen LogP contribution in [0.3, 0.4) is 0 Å². The minimum absolute atomic E-state index is 0.00551. The van der Waals surface area contributed by atoms with E-state index in [0.717, 1.165) is 5.36 Å². The maximum absolute atomic E-state index is 4.69. The van der Waals surface area contributed by atoms with Crippen molar-refractivity contribution in [1.82, 2.24) is 0 Å². The molecule has 0 fully saturated rings. The van der Waals surface area contributed by atoms with Crippen molar-refractivity contribution in [3.8, 4) is 0 Å². The summed E-state index contributed by atoms with van der Waals surface area (Å²) in [7, 11) is 0. The second kappa shape index (κ2) is 2.44. The number of benzene rings is 1. The average molecular weight is 173 g/mol. The molecule has 0 atom stereocenters. The maximum atomic E-state index is 4.69. The quantitative estimate of drug-likeness (QED) is 0.565. The van der Waals surface area contributed by atoms with Gasteiger partial charge in [0, 0.05) is 5.22 Å². The van der Waals surface area contributed by atoms with Crippen LogP contribution in [0.1, 0.15) is 26.3 Å². The number of rotatable bonds is 0. The molecule has 0 aliphatic carbocycles. The van der Waals surface area contributed by atoms with Crippen LogP contribution in [-0.4, -0.2) is 5.54 Å². The van der Waals surface area contributed by atoms with Gasteiger partial charge in [-0.05, 0) is 44.9 Å². The summed E-state index contributed by atoms with van der Waals surface area (Å²) in [4.78, 5) is 4.69. The fourth-order valence-electron chi connectivity index (χ4n) is 1.92. The summed E-state index contributed by atoms with van der Waals surface area (Å²) in [6, 6.07) is 6.33. The highest BCUT2D eigenvalue weighted by Gasteiger charge is 2.23. The fourth-order valence-corrected chi connectivity index (χ4v) is 1.92. The van der Waals surface area contributed by atoms with Gasteiger partial charge in [0.1, 0.15) is 0 Å². The Labute approximate surface area is 78.8 Å². The van der Waals surface area contributed by atoms with Gasteiger partial charge in [-0.25, -0.2) is 0 Å². The van der Waals surface area contributed by atoms with E-state index in [-0.39, 0.29) is 5.54 Å². The normalized spacial score (nSPS) is 18.3. The van der Waals surface area contributed by atoms with Crippen LogP contribution in [0.4, 0.5) is 0 Å². The van der Waals surface area contributed by atoms with Gasteiger partial charge in [0.05, 0.1) is 10.9 Å². The van der Waals surface area contributed by atoms with Gasteiger partial charge in [0.2, 0.25) is 0 Å². The molecule has 0 spiro atoms. The smallest absolute Gasteiger partial charge is 0.0775 e. The molecule has 0 saturated carbocycles. The van der Waals surface area contributed by atoms with Crippen molar-refractivity contribution >= 4 is 5.57 Å². The lowest BCUT2D eigenvalue weighted by molar-refractivity contribution is 0.667. The van der Waals surface area contributed by atoms with Gasteiger partial charge in [-0.1, -0.05) is 12.1 Å². The number of hydrogen-bond donors (Lipinski definition) is 0. The Morgan fingerprint density at radius 3 is 2.46 bits per heavy atom. The second-order valence-corrected chi connectivity index (χ2v) is 4.26. The number of hydrogen-bond acceptors (Lipinski definition) is 1. The molecule has 1 aromatic carbocycles. The first kappa shape index (κ1) is 8.49. The van der Waals surface area contributed by atoms with E-state index in [1.54, 1.807) is 0 Å². The molecule has 0 radical (unpaired) electrons. The Hall–Kier alpha value is -1.11. The molecule has 1 aromatic rings. The summed E-state index contributed by atoms with van der Waals surface area (Å²) in [5, 5.41) is 2.51. The van der Waals surface area contributed by atoms with Crippen molar-refractivity contribution in [2.45, 2.75) is 33.2 Å². The number of fused-ring (bicyclic) bond motifs is 1. The van der Waals surface area contributed by atoms with Crippen LogP contribution in [-0.2, 0) is 0 Å². The van der Waals surface area contributed by atoms with Gasteiger partial charge >= 0.3 is 0 Å². The largest absolute Gasteiger partial charge is 0.274 e. The lowest BCUT2D eigenvalue weighted by atomic mass is 9.96. The molecule has 1 heterocycles. The van der Waals surface area contributed by atoms with E-state index in [2.05, 4.69) is 50.9 Å². The second-order valence-electron chi connectivity index (χ2n) is 4.26. The van der Waals surface area contributed by atoms with Crippen LogP contribution in [0, 0.1) is 6.92 Å². The van der Waals surface area contributed by atoms with Crippen LogP contribution >= 0.6 is 0 Å². The Morgan fingerprint density at radius 2 is 1.85 bits per heavy atom. The Kier molecular flexibility index (Phi) is 1.59. The molecule has 1 nitrogen and oxygen atoms in total. The molecule has 0 saturated heterocycles. The van der Waals surface area contributed by atoms with E-state index in [9.17, 15) is 0 Å². The highest BCUT2D eigenvalue weighted by molar-refractivity contribution is 5.56. The van der Waals surface area contributed by atoms with Crippen LogP contribution in [0.15, 0.2) is 23.2 Å². The van der Waals surface area contributed by atoms with Crippen molar-refractivity contribution < 1.29 is 0 Å². The molecular formula is C12H15N. The predicted octanol–water partition coefficient (Wildman–Crippen LogP) is 1.58. The topological polar surface area (TPSA) is 12.4 Å². The Balaban J connectivity index is 2.96. The van der Waals surface area contributed by atoms with E-state index in [0.29, 0.717) is 0 Å². The molecule has 0 bridgehead atoms. The van der Waals surface area contributed by atoms with Crippen LogP contribution in [0.25, 0.3) is 5.57 Å². The summed E-state index contributed by atoms with van der Waals surface area (Å²) in [5.74, 6) is 0. The SMILES string of the molecule is CC1=c2c(C)cccc2=NC1(C)C. The molecule has 0 unspecified atom stereocenters. The summed E-state index contributed by atoms with van der Waals surface area (Å²) < 4.78 is 0. The van der Waals surface area contributed by atoms with E-state index >= 15 is 0 Å². The highest BCUT2D eigenvalue weighted by atomic mass is 14.9. The van der Waals surface area contributed by atoms with Crippen molar-refractivity contribution in [2.24, 2.45) is 4.99 Å². The highest BCUT2D eigenvalue weighted by Crippen LogP contribution is 2.21. The lowest BCUT2D eigenvalue weighted by Gasteiger charge is -2.15. The third-order valence-corrected chi connectivity index (χ3v) is 2.94. The fraction of sp³-hybridized carbons (Fsp3) is 0.417. The molecule has 13 heavy (non-hydrogen) atoms. The summed E-state index contributed by atoms with van der Waals surface area (Å²) in [6.07, 6.45) is 0. The first-order chi connectivity index (χ1) is 6.02. The number of aryl methyl sites for hydroxylation is 1. The Bertz CT molecular complexity index is 466. The minimum atomic E-state index is -0.00551. The van der Waals surface area contributed by atoms with E-state index in [4.69, 9.17) is 0 Å². The minimum Gasteiger partial charge on any atom is -0.274 e. The third kappa shape index (κ3) is 1.11. The molecule has 0 aromatic heterocycles. The zero-order valence-corrected chi connectivity index (χ0v) is 8.68. The summed E-state index contributed by atoms with van der Waals surface area (Å²) in [6.45, 7) is 8.67. The maximum Gasteiger partial charge on any atom is 0.0775 e. The molecular weight excluding hydrogens is 158 g/mol. The molecule has 0 amide bonds. The molecule has 1 heteroatoms. The predicted molar refractivity (Wildman–Crippen MR) is 55.1 cm³/mol. The van der Waals surface area contributed by atoms with Crippen molar-refractivity contribution in [3.63, 3.8) is 0 Å². The van der Waals surface area contributed by atoms with Crippen LogP contribution in [0.5, 0.6) is 0 Å². The van der Waals surface area contributed by atoms with Crippen molar-refractivity contribution in [3.05, 3.63) is 34.3 Å². The van der Waals surface area contributed by atoms with Gasteiger partial charge in [-0.15, -0.1) is 0 Å². The summed E-state index contributed by atoms with van der Waals surface area (Å²) in [5.41, 5.74) is 2.72.